The zero-order valence-electron chi connectivity index (χ0n) is 13.5. The van der Waals surface area contributed by atoms with Crippen molar-refractivity contribution in [3.05, 3.63) is 71.8 Å². The first-order valence-electron chi connectivity index (χ1n) is 8.16. The minimum atomic E-state index is -0.505. The lowest BCUT2D eigenvalue weighted by Crippen LogP contribution is -2.21. The Bertz CT molecular complexity index is 1280. The van der Waals surface area contributed by atoms with Crippen LogP contribution in [0.25, 0.3) is 32.7 Å². The normalized spacial score (nSPS) is 13.1. The van der Waals surface area contributed by atoms with E-state index < -0.39 is 11.6 Å². The van der Waals surface area contributed by atoms with Crippen LogP contribution in [0.2, 0.25) is 0 Å². The molecule has 0 bridgehead atoms. The summed E-state index contributed by atoms with van der Waals surface area (Å²) < 4.78 is 0. The second-order valence-electron chi connectivity index (χ2n) is 6.42. The maximum absolute atomic E-state index is 12.6. The summed E-state index contributed by atoms with van der Waals surface area (Å²) in [4.78, 5) is 25.0. The highest BCUT2D eigenvalue weighted by atomic mass is 16.3. The monoisotopic (exact) mass is 340 g/mol. The molecular formula is C22H12O4. The van der Waals surface area contributed by atoms with Gasteiger partial charge in [-0.05, 0) is 57.6 Å². The molecular weight excluding hydrogens is 328 g/mol. The van der Waals surface area contributed by atoms with Crippen LogP contribution in [0.15, 0.2) is 60.7 Å². The molecule has 4 aromatic carbocycles. The van der Waals surface area contributed by atoms with Gasteiger partial charge in [0.1, 0.15) is 0 Å². The molecule has 0 aromatic heterocycles. The van der Waals surface area contributed by atoms with Gasteiger partial charge in [0.15, 0.2) is 11.5 Å². The maximum atomic E-state index is 12.6. The average Bonchev–Trinajstić information content (AvgIpc) is 2.67. The zero-order valence-corrected chi connectivity index (χ0v) is 13.5. The van der Waals surface area contributed by atoms with Gasteiger partial charge in [-0.2, -0.15) is 0 Å². The SMILES string of the molecule is O=C1C(=O)c2cc3ccc4c(O)c(O)ccc4c3cc2-c2ccccc21. The Kier molecular flexibility index (Phi) is 2.78. The van der Waals surface area contributed by atoms with Crippen molar-refractivity contribution >= 4 is 33.1 Å². The summed E-state index contributed by atoms with van der Waals surface area (Å²) in [5.74, 6) is -1.35. The Morgan fingerprint density at radius 1 is 0.577 bits per heavy atom. The van der Waals surface area contributed by atoms with Crippen molar-refractivity contribution in [2.24, 2.45) is 0 Å². The summed E-state index contributed by atoms with van der Waals surface area (Å²) >= 11 is 0. The van der Waals surface area contributed by atoms with Gasteiger partial charge in [-0.1, -0.05) is 30.3 Å². The van der Waals surface area contributed by atoms with E-state index in [-0.39, 0.29) is 11.5 Å². The Morgan fingerprint density at radius 2 is 1.27 bits per heavy atom. The van der Waals surface area contributed by atoms with Gasteiger partial charge in [-0.15, -0.1) is 0 Å². The molecule has 0 amide bonds. The smallest absolute Gasteiger partial charge is 0.234 e. The van der Waals surface area contributed by atoms with E-state index in [4.69, 9.17) is 0 Å². The summed E-state index contributed by atoms with van der Waals surface area (Å²) in [7, 11) is 0. The fraction of sp³-hybridized carbons (Fsp3) is 0. The van der Waals surface area contributed by atoms with Gasteiger partial charge in [0.05, 0.1) is 0 Å². The molecule has 5 rings (SSSR count). The quantitative estimate of drug-likeness (QED) is 0.282. The van der Waals surface area contributed by atoms with E-state index >= 15 is 0 Å². The average molecular weight is 340 g/mol. The van der Waals surface area contributed by atoms with Crippen LogP contribution in [-0.4, -0.2) is 21.8 Å². The van der Waals surface area contributed by atoms with E-state index in [1.165, 1.54) is 6.07 Å². The van der Waals surface area contributed by atoms with E-state index in [1.54, 1.807) is 36.4 Å². The lowest BCUT2D eigenvalue weighted by molar-refractivity contribution is 0.0815. The number of fused-ring (bicyclic) bond motifs is 6. The lowest BCUT2D eigenvalue weighted by atomic mass is 9.82. The molecule has 0 saturated carbocycles. The maximum Gasteiger partial charge on any atom is 0.234 e. The topological polar surface area (TPSA) is 74.6 Å². The molecule has 0 fully saturated rings. The third-order valence-electron chi connectivity index (χ3n) is 5.02. The second kappa shape index (κ2) is 4.92. The van der Waals surface area contributed by atoms with Crippen molar-refractivity contribution in [1.82, 2.24) is 0 Å². The molecule has 0 heterocycles. The molecule has 0 saturated heterocycles. The number of Topliss-reactive ketones (excluding diaryl/α,β-unsaturated/α-hetero) is 2. The number of benzene rings is 4. The molecule has 4 nitrogen and oxygen atoms in total. The highest BCUT2D eigenvalue weighted by Gasteiger charge is 2.30. The van der Waals surface area contributed by atoms with Crippen molar-refractivity contribution < 1.29 is 19.8 Å². The summed E-state index contributed by atoms with van der Waals surface area (Å²) in [6, 6.07) is 17.3. The van der Waals surface area contributed by atoms with Gasteiger partial charge in [-0.25, -0.2) is 0 Å². The van der Waals surface area contributed by atoms with Gasteiger partial charge in [0.25, 0.3) is 0 Å². The van der Waals surface area contributed by atoms with Crippen LogP contribution in [0.4, 0.5) is 0 Å². The fourth-order valence-corrected chi connectivity index (χ4v) is 3.73. The third kappa shape index (κ3) is 1.78. The number of carbonyl (C=O) groups excluding carboxylic acids is 2. The Morgan fingerprint density at radius 3 is 2.08 bits per heavy atom. The molecule has 0 atom stereocenters. The number of rotatable bonds is 0. The Balaban J connectivity index is 1.94. The first kappa shape index (κ1) is 14.7. The summed E-state index contributed by atoms with van der Waals surface area (Å²) in [6.07, 6.45) is 0. The predicted octanol–water partition coefficient (Wildman–Crippen LogP) is 4.45. The Labute approximate surface area is 147 Å². The first-order chi connectivity index (χ1) is 12.6. The molecule has 4 heteroatoms. The van der Waals surface area contributed by atoms with E-state index in [1.807, 2.05) is 18.2 Å². The summed E-state index contributed by atoms with van der Waals surface area (Å²) in [6.45, 7) is 0. The number of phenolic OH excluding ortho intramolecular Hbond substituents is 2. The second-order valence-corrected chi connectivity index (χ2v) is 6.42. The third-order valence-corrected chi connectivity index (χ3v) is 5.02. The summed E-state index contributed by atoms with van der Waals surface area (Å²) in [5.41, 5.74) is 2.24. The largest absolute Gasteiger partial charge is 0.504 e. The van der Waals surface area contributed by atoms with Gasteiger partial charge in [-0.3, -0.25) is 9.59 Å². The number of hydrogen-bond acceptors (Lipinski definition) is 4. The van der Waals surface area contributed by atoms with E-state index in [9.17, 15) is 19.8 Å². The van der Waals surface area contributed by atoms with E-state index in [0.29, 0.717) is 22.1 Å². The van der Waals surface area contributed by atoms with Crippen molar-refractivity contribution in [2.45, 2.75) is 0 Å². The number of aromatic hydroxyl groups is 2. The van der Waals surface area contributed by atoms with Crippen molar-refractivity contribution in [2.75, 3.05) is 0 Å². The molecule has 4 aromatic rings. The van der Waals surface area contributed by atoms with Crippen molar-refractivity contribution in [1.29, 1.82) is 0 Å². The molecule has 124 valence electrons. The predicted molar refractivity (Wildman–Crippen MR) is 98.9 cm³/mol. The van der Waals surface area contributed by atoms with Gasteiger partial charge >= 0.3 is 0 Å². The number of ketones is 2. The van der Waals surface area contributed by atoms with Crippen LogP contribution in [0, 0.1) is 0 Å². The van der Waals surface area contributed by atoms with Crippen LogP contribution in [-0.2, 0) is 0 Å². The molecule has 26 heavy (non-hydrogen) atoms. The molecule has 0 spiro atoms. The molecule has 0 aliphatic heterocycles. The lowest BCUT2D eigenvalue weighted by Gasteiger charge is -2.19. The molecule has 0 unspecified atom stereocenters. The van der Waals surface area contributed by atoms with Crippen LogP contribution >= 0.6 is 0 Å². The summed E-state index contributed by atoms with van der Waals surface area (Å²) in [5, 5.41) is 22.8. The molecule has 2 N–H and O–H groups in total. The number of carbonyl (C=O) groups is 2. The minimum absolute atomic E-state index is 0.172. The van der Waals surface area contributed by atoms with Gasteiger partial charge < -0.3 is 10.2 Å². The first-order valence-corrected chi connectivity index (χ1v) is 8.16. The molecule has 1 aliphatic carbocycles. The van der Waals surface area contributed by atoms with E-state index in [0.717, 1.165) is 21.7 Å². The van der Waals surface area contributed by atoms with Crippen molar-refractivity contribution in [3.8, 4) is 22.6 Å². The minimum Gasteiger partial charge on any atom is -0.504 e. The Hall–Kier alpha value is -3.66. The van der Waals surface area contributed by atoms with Crippen LogP contribution < -0.4 is 0 Å². The molecule has 1 aliphatic rings. The van der Waals surface area contributed by atoms with Crippen LogP contribution in [0.1, 0.15) is 20.7 Å². The van der Waals surface area contributed by atoms with Crippen LogP contribution in [0.5, 0.6) is 11.5 Å². The van der Waals surface area contributed by atoms with Crippen LogP contribution in [0.3, 0.4) is 0 Å². The van der Waals surface area contributed by atoms with Crippen molar-refractivity contribution in [3.63, 3.8) is 0 Å². The fourth-order valence-electron chi connectivity index (χ4n) is 3.73. The standard InChI is InChI=1S/C22H12O4/c23-19-8-7-13-15(20(19)24)6-5-11-9-18-17(10-16(11)13)12-3-1-2-4-14(12)21(25)22(18)26/h1-10,23-24H. The highest BCUT2D eigenvalue weighted by Crippen LogP contribution is 2.41. The van der Waals surface area contributed by atoms with Gasteiger partial charge in [0, 0.05) is 16.5 Å². The number of phenols is 2. The highest BCUT2D eigenvalue weighted by molar-refractivity contribution is 6.53. The van der Waals surface area contributed by atoms with Gasteiger partial charge in [0.2, 0.25) is 11.6 Å². The van der Waals surface area contributed by atoms with E-state index in [2.05, 4.69) is 0 Å². The molecule has 0 radical (unpaired) electrons. The zero-order chi connectivity index (χ0) is 18.0. The number of hydrogen-bond donors (Lipinski definition) is 2.